The molecule has 0 aliphatic rings. The van der Waals surface area contributed by atoms with Crippen LogP contribution in [0.15, 0.2) is 24.5 Å². The number of anilines is 1. The van der Waals surface area contributed by atoms with E-state index in [2.05, 4.69) is 5.10 Å². The quantitative estimate of drug-likeness (QED) is 0.865. The van der Waals surface area contributed by atoms with Gasteiger partial charge >= 0.3 is 0 Å². The van der Waals surface area contributed by atoms with E-state index in [1.165, 1.54) is 0 Å². The molecule has 0 aliphatic carbocycles. The van der Waals surface area contributed by atoms with Crippen LogP contribution in [0, 0.1) is 6.92 Å². The van der Waals surface area contributed by atoms with Gasteiger partial charge in [-0.15, -0.1) is 0 Å². The number of nitrogens with zero attached hydrogens (tertiary/aromatic N) is 2. The summed E-state index contributed by atoms with van der Waals surface area (Å²) in [7, 11) is 1.67. The number of benzene rings is 1. The van der Waals surface area contributed by atoms with Crippen LogP contribution in [0.25, 0.3) is 11.1 Å². The predicted octanol–water partition coefficient (Wildman–Crippen LogP) is 2.74. The zero-order valence-electron chi connectivity index (χ0n) is 10.5. The topological polar surface area (TPSA) is 53.1 Å². The Labute approximate surface area is 111 Å². The van der Waals surface area contributed by atoms with Gasteiger partial charge in [-0.3, -0.25) is 4.68 Å². The van der Waals surface area contributed by atoms with E-state index < -0.39 is 0 Å². The molecular formula is C13H16ClN3O. The molecule has 0 radical (unpaired) electrons. The largest absolute Gasteiger partial charge is 0.398 e. The van der Waals surface area contributed by atoms with Gasteiger partial charge < -0.3 is 10.5 Å². The average molecular weight is 266 g/mol. The van der Waals surface area contributed by atoms with Crippen LogP contribution in [0.5, 0.6) is 0 Å². The van der Waals surface area contributed by atoms with Crippen molar-refractivity contribution < 1.29 is 4.74 Å². The Morgan fingerprint density at radius 2 is 2.22 bits per heavy atom. The van der Waals surface area contributed by atoms with Crippen molar-refractivity contribution in [3.63, 3.8) is 0 Å². The van der Waals surface area contributed by atoms with Crippen molar-refractivity contribution >= 4 is 17.3 Å². The number of aryl methyl sites for hydroxylation is 1. The molecule has 0 aliphatic heterocycles. The van der Waals surface area contributed by atoms with Crippen molar-refractivity contribution in [3.05, 3.63) is 35.1 Å². The van der Waals surface area contributed by atoms with Crippen LogP contribution in [-0.4, -0.2) is 23.5 Å². The van der Waals surface area contributed by atoms with Crippen molar-refractivity contribution in [1.29, 1.82) is 0 Å². The molecule has 1 heterocycles. The summed E-state index contributed by atoms with van der Waals surface area (Å²) in [6.45, 7) is 3.32. The maximum atomic E-state index is 6.21. The smallest absolute Gasteiger partial charge is 0.0658 e. The van der Waals surface area contributed by atoms with E-state index in [0.29, 0.717) is 17.3 Å². The summed E-state index contributed by atoms with van der Waals surface area (Å²) in [4.78, 5) is 0. The molecule has 0 atom stereocenters. The van der Waals surface area contributed by atoms with Crippen LogP contribution in [0.3, 0.4) is 0 Å². The first-order valence-electron chi connectivity index (χ1n) is 5.69. The Hall–Kier alpha value is -1.52. The molecule has 2 aromatic rings. The van der Waals surface area contributed by atoms with Gasteiger partial charge in [0.05, 0.1) is 24.4 Å². The molecule has 0 unspecified atom stereocenters. The van der Waals surface area contributed by atoms with Crippen molar-refractivity contribution in [2.24, 2.45) is 0 Å². The van der Waals surface area contributed by atoms with E-state index in [1.807, 2.05) is 23.9 Å². The van der Waals surface area contributed by atoms with E-state index in [-0.39, 0.29) is 0 Å². The lowest BCUT2D eigenvalue weighted by molar-refractivity contribution is 0.183. The van der Waals surface area contributed by atoms with Gasteiger partial charge in [0.25, 0.3) is 0 Å². The van der Waals surface area contributed by atoms with Gasteiger partial charge in [-0.05, 0) is 24.6 Å². The third-order valence-corrected chi connectivity index (χ3v) is 3.14. The van der Waals surface area contributed by atoms with Gasteiger partial charge in [-0.25, -0.2) is 0 Å². The van der Waals surface area contributed by atoms with Gasteiger partial charge in [0, 0.05) is 30.1 Å². The summed E-state index contributed by atoms with van der Waals surface area (Å²) in [6, 6.07) is 3.76. The Kier molecular flexibility index (Phi) is 3.89. The van der Waals surface area contributed by atoms with Crippen LogP contribution in [0.4, 0.5) is 5.69 Å². The molecule has 0 spiro atoms. The fraction of sp³-hybridized carbons (Fsp3) is 0.308. The number of aromatic nitrogens is 2. The predicted molar refractivity (Wildman–Crippen MR) is 73.7 cm³/mol. The fourth-order valence-corrected chi connectivity index (χ4v) is 2.01. The van der Waals surface area contributed by atoms with Crippen LogP contribution in [0.2, 0.25) is 5.02 Å². The highest BCUT2D eigenvalue weighted by Gasteiger charge is 2.08. The molecule has 2 N–H and O–H groups in total. The molecule has 0 saturated heterocycles. The molecule has 1 aromatic carbocycles. The molecule has 2 rings (SSSR count). The van der Waals surface area contributed by atoms with Crippen LogP contribution >= 0.6 is 11.6 Å². The summed E-state index contributed by atoms with van der Waals surface area (Å²) in [5.41, 5.74) is 9.47. The molecule has 0 bridgehead atoms. The lowest BCUT2D eigenvalue weighted by atomic mass is 10.1. The summed E-state index contributed by atoms with van der Waals surface area (Å²) in [5, 5.41) is 4.91. The molecule has 4 nitrogen and oxygen atoms in total. The number of hydrogen-bond donors (Lipinski definition) is 1. The standard InChI is InChI=1S/C13H16ClN3O/c1-9-5-11(12(14)6-13(9)15)10-7-16-17(8-10)3-4-18-2/h5-8H,3-4,15H2,1-2H3. The number of hydrogen-bond acceptors (Lipinski definition) is 3. The highest BCUT2D eigenvalue weighted by Crippen LogP contribution is 2.31. The summed E-state index contributed by atoms with van der Waals surface area (Å²) in [5.74, 6) is 0. The molecule has 1 aromatic heterocycles. The number of nitrogen functional groups attached to an aromatic ring is 1. The molecule has 0 saturated carbocycles. The minimum atomic E-state index is 0.635. The summed E-state index contributed by atoms with van der Waals surface area (Å²) < 4.78 is 6.85. The summed E-state index contributed by atoms with van der Waals surface area (Å²) >= 11 is 6.21. The highest BCUT2D eigenvalue weighted by atomic mass is 35.5. The van der Waals surface area contributed by atoms with Crippen LogP contribution in [-0.2, 0) is 11.3 Å². The van der Waals surface area contributed by atoms with E-state index in [1.54, 1.807) is 19.4 Å². The van der Waals surface area contributed by atoms with Crippen molar-refractivity contribution in [2.75, 3.05) is 19.5 Å². The Morgan fingerprint density at radius 1 is 1.44 bits per heavy atom. The third kappa shape index (κ3) is 2.66. The van der Waals surface area contributed by atoms with Crippen LogP contribution in [0.1, 0.15) is 5.56 Å². The maximum absolute atomic E-state index is 6.21. The first-order chi connectivity index (χ1) is 8.61. The lowest BCUT2D eigenvalue weighted by Crippen LogP contribution is -2.03. The minimum absolute atomic E-state index is 0.635. The molecular weight excluding hydrogens is 250 g/mol. The Morgan fingerprint density at radius 3 is 2.94 bits per heavy atom. The Balaban J connectivity index is 2.31. The van der Waals surface area contributed by atoms with Crippen LogP contribution < -0.4 is 5.73 Å². The maximum Gasteiger partial charge on any atom is 0.0658 e. The zero-order valence-corrected chi connectivity index (χ0v) is 11.2. The van der Waals surface area contributed by atoms with Gasteiger partial charge in [0.1, 0.15) is 0 Å². The van der Waals surface area contributed by atoms with E-state index >= 15 is 0 Å². The molecule has 0 fully saturated rings. The molecule has 5 heteroatoms. The van der Waals surface area contributed by atoms with Gasteiger partial charge in [0.15, 0.2) is 0 Å². The number of rotatable bonds is 4. The van der Waals surface area contributed by atoms with Crippen molar-refractivity contribution in [1.82, 2.24) is 9.78 Å². The second kappa shape index (κ2) is 5.42. The van der Waals surface area contributed by atoms with Crippen molar-refractivity contribution in [3.8, 4) is 11.1 Å². The van der Waals surface area contributed by atoms with E-state index in [4.69, 9.17) is 22.1 Å². The Bertz CT molecular complexity index is 551. The summed E-state index contributed by atoms with van der Waals surface area (Å²) in [6.07, 6.45) is 3.75. The second-order valence-corrected chi connectivity index (χ2v) is 4.58. The number of nitrogens with two attached hydrogens (primary N) is 1. The first kappa shape index (κ1) is 12.9. The zero-order chi connectivity index (χ0) is 13.1. The first-order valence-corrected chi connectivity index (χ1v) is 6.07. The SMILES string of the molecule is COCCn1cc(-c2cc(C)c(N)cc2Cl)cn1. The average Bonchev–Trinajstić information content (AvgIpc) is 2.79. The second-order valence-electron chi connectivity index (χ2n) is 4.17. The fourth-order valence-electron chi connectivity index (χ4n) is 1.73. The van der Waals surface area contributed by atoms with E-state index in [0.717, 1.165) is 23.2 Å². The van der Waals surface area contributed by atoms with Gasteiger partial charge in [0.2, 0.25) is 0 Å². The highest BCUT2D eigenvalue weighted by molar-refractivity contribution is 6.33. The van der Waals surface area contributed by atoms with Gasteiger partial charge in [-0.1, -0.05) is 11.6 Å². The monoisotopic (exact) mass is 265 g/mol. The molecule has 96 valence electrons. The number of halogens is 1. The van der Waals surface area contributed by atoms with E-state index in [9.17, 15) is 0 Å². The molecule has 0 amide bonds. The normalized spacial score (nSPS) is 10.8. The van der Waals surface area contributed by atoms with Gasteiger partial charge in [-0.2, -0.15) is 5.10 Å². The third-order valence-electron chi connectivity index (χ3n) is 2.82. The number of ether oxygens (including phenoxy) is 1. The van der Waals surface area contributed by atoms with Crippen molar-refractivity contribution in [2.45, 2.75) is 13.5 Å². The minimum Gasteiger partial charge on any atom is -0.398 e. The number of methoxy groups -OCH3 is 1. The molecule has 18 heavy (non-hydrogen) atoms. The lowest BCUT2D eigenvalue weighted by Gasteiger charge is -2.06.